The van der Waals surface area contributed by atoms with Crippen molar-refractivity contribution in [3.63, 3.8) is 0 Å². The molecular weight excluding hydrogens is 534 g/mol. The van der Waals surface area contributed by atoms with Crippen LogP contribution in [0.1, 0.15) is 64.6 Å². The van der Waals surface area contributed by atoms with E-state index in [0.29, 0.717) is 38.0 Å². The van der Waals surface area contributed by atoms with Gasteiger partial charge in [0.1, 0.15) is 17.0 Å². The Kier molecular flexibility index (Phi) is 8.57. The third-order valence-corrected chi connectivity index (χ3v) is 8.20. The average Bonchev–Trinajstić information content (AvgIpc) is 3.56. The van der Waals surface area contributed by atoms with Crippen molar-refractivity contribution < 1.29 is 23.8 Å². The smallest absolute Gasteiger partial charge is 0.410 e. The molecule has 2 aliphatic rings. The molecule has 3 aromatic rings. The predicted molar refractivity (Wildman–Crippen MR) is 161 cm³/mol. The van der Waals surface area contributed by atoms with Crippen LogP contribution in [0.15, 0.2) is 30.6 Å². The van der Waals surface area contributed by atoms with Crippen molar-refractivity contribution in [3.8, 4) is 11.3 Å². The highest BCUT2D eigenvalue weighted by Crippen LogP contribution is 2.37. The van der Waals surface area contributed by atoms with Gasteiger partial charge in [-0.3, -0.25) is 4.79 Å². The third-order valence-electron chi connectivity index (χ3n) is 8.20. The number of nitrogens with zero attached hydrogens (tertiary/aromatic N) is 4. The molecule has 0 unspecified atom stereocenters. The molecule has 2 aliphatic heterocycles. The molecule has 2 fully saturated rings. The van der Waals surface area contributed by atoms with Crippen LogP contribution in [0, 0.1) is 12.8 Å². The van der Waals surface area contributed by atoms with Gasteiger partial charge in [-0.25, -0.2) is 14.8 Å². The summed E-state index contributed by atoms with van der Waals surface area (Å²) in [4.78, 5) is 35.7. The SMILES string of the molecule is CO[C@@]1(c2cc(C)cc(-c3cn(CCC4CCN(C(=O)OC(C)(C)C)CC4)c4cnc(NC(C)=O)cc34)n2)CCOC1. The lowest BCUT2D eigenvalue weighted by atomic mass is 9.94. The molecule has 0 aliphatic carbocycles. The van der Waals surface area contributed by atoms with Crippen LogP contribution >= 0.6 is 0 Å². The van der Waals surface area contributed by atoms with Crippen LogP contribution in [0.25, 0.3) is 22.2 Å². The maximum atomic E-state index is 12.5. The first-order valence-corrected chi connectivity index (χ1v) is 14.8. The van der Waals surface area contributed by atoms with Crippen LogP contribution in [-0.4, -0.2) is 70.4 Å². The van der Waals surface area contributed by atoms with Gasteiger partial charge in [-0.05, 0) is 76.6 Å². The zero-order valence-electron chi connectivity index (χ0n) is 25.7. The summed E-state index contributed by atoms with van der Waals surface area (Å²) in [6, 6.07) is 6.10. The average molecular weight is 578 g/mol. The number of methoxy groups -OCH3 is 1. The summed E-state index contributed by atoms with van der Waals surface area (Å²) in [7, 11) is 1.72. The van der Waals surface area contributed by atoms with Gasteiger partial charge in [0.15, 0.2) is 0 Å². The topological polar surface area (TPSA) is 108 Å². The first-order chi connectivity index (χ1) is 20.0. The second kappa shape index (κ2) is 12.0. The Labute approximate surface area is 247 Å². The summed E-state index contributed by atoms with van der Waals surface area (Å²) < 4.78 is 19.5. The molecule has 0 saturated carbocycles. The minimum absolute atomic E-state index is 0.167. The number of aromatic nitrogens is 3. The van der Waals surface area contributed by atoms with E-state index in [1.54, 1.807) is 7.11 Å². The van der Waals surface area contributed by atoms with Crippen molar-refractivity contribution in [2.24, 2.45) is 5.92 Å². The maximum absolute atomic E-state index is 12.5. The fourth-order valence-electron chi connectivity index (χ4n) is 5.93. The van der Waals surface area contributed by atoms with Crippen LogP contribution in [0.3, 0.4) is 0 Å². The zero-order chi connectivity index (χ0) is 30.1. The van der Waals surface area contributed by atoms with Crippen LogP contribution in [-0.2, 0) is 31.2 Å². The van der Waals surface area contributed by atoms with Crippen LogP contribution < -0.4 is 5.32 Å². The van der Waals surface area contributed by atoms with Gasteiger partial charge in [0.05, 0.1) is 29.7 Å². The molecular formula is C32H43N5O5. The number of pyridine rings is 2. The minimum Gasteiger partial charge on any atom is -0.444 e. The summed E-state index contributed by atoms with van der Waals surface area (Å²) >= 11 is 0. The Hall–Kier alpha value is -3.50. The number of aryl methyl sites for hydroxylation is 2. The minimum atomic E-state index is -0.559. The second-order valence-electron chi connectivity index (χ2n) is 12.6. The van der Waals surface area contributed by atoms with E-state index in [9.17, 15) is 9.59 Å². The molecule has 0 bridgehead atoms. The monoisotopic (exact) mass is 577 g/mol. The van der Waals surface area contributed by atoms with Crippen LogP contribution in [0.4, 0.5) is 10.6 Å². The number of anilines is 1. The number of fused-ring (bicyclic) bond motifs is 1. The van der Waals surface area contributed by atoms with Gasteiger partial charge in [0.25, 0.3) is 0 Å². The molecule has 5 heterocycles. The second-order valence-corrected chi connectivity index (χ2v) is 12.6. The number of likely N-dealkylation sites (tertiary alicyclic amines) is 1. The molecule has 0 radical (unpaired) electrons. The van der Waals surface area contributed by atoms with Crippen molar-refractivity contribution in [2.75, 3.05) is 38.7 Å². The van der Waals surface area contributed by atoms with Crippen LogP contribution in [0.5, 0.6) is 0 Å². The molecule has 1 N–H and O–H groups in total. The van der Waals surface area contributed by atoms with E-state index >= 15 is 0 Å². The summed E-state index contributed by atoms with van der Waals surface area (Å²) in [5, 5.41) is 3.80. The zero-order valence-corrected chi connectivity index (χ0v) is 25.7. The summed E-state index contributed by atoms with van der Waals surface area (Å²) in [6.45, 7) is 12.6. The van der Waals surface area contributed by atoms with Gasteiger partial charge >= 0.3 is 6.09 Å². The van der Waals surface area contributed by atoms with Gasteiger partial charge in [-0.1, -0.05) is 0 Å². The number of hydrogen-bond donors (Lipinski definition) is 1. The third kappa shape index (κ3) is 6.60. The largest absolute Gasteiger partial charge is 0.444 e. The van der Waals surface area contributed by atoms with E-state index in [0.717, 1.165) is 65.6 Å². The lowest BCUT2D eigenvalue weighted by Crippen LogP contribution is -2.41. The molecule has 0 spiro atoms. The molecule has 226 valence electrons. The number of piperidine rings is 1. The molecule has 2 saturated heterocycles. The van der Waals surface area contributed by atoms with Gasteiger partial charge < -0.3 is 29.0 Å². The number of hydrogen-bond acceptors (Lipinski definition) is 7. The van der Waals surface area contributed by atoms with Crippen molar-refractivity contribution >= 4 is 28.7 Å². The van der Waals surface area contributed by atoms with E-state index in [4.69, 9.17) is 19.2 Å². The van der Waals surface area contributed by atoms with Crippen molar-refractivity contribution in [2.45, 2.75) is 78.0 Å². The highest BCUT2D eigenvalue weighted by molar-refractivity contribution is 5.98. The lowest BCUT2D eigenvalue weighted by molar-refractivity contribution is -0.114. The fourth-order valence-corrected chi connectivity index (χ4v) is 5.93. The summed E-state index contributed by atoms with van der Waals surface area (Å²) in [5.74, 6) is 0.845. The quantitative estimate of drug-likeness (QED) is 0.386. The van der Waals surface area contributed by atoms with Gasteiger partial charge in [-0.2, -0.15) is 0 Å². The standard InChI is InChI=1S/C32H43N5O5/c1-21-15-26(35-28(16-21)32(40-6)10-14-41-20-32)25-19-37(27-18-33-29(17-24(25)27)34-22(2)38)13-9-23-7-11-36(12-8-23)30(39)42-31(3,4)5/h15-19,23H,7-14,20H2,1-6H3,(H,33,34,38)/t32-/m0/s1. The molecule has 1 atom stereocenters. The molecule has 10 nitrogen and oxygen atoms in total. The van der Waals surface area contributed by atoms with Crippen molar-refractivity contribution in [1.29, 1.82) is 0 Å². The lowest BCUT2D eigenvalue weighted by Gasteiger charge is -2.33. The Balaban J connectivity index is 1.40. The number of amides is 2. The Morgan fingerprint density at radius 3 is 2.60 bits per heavy atom. The molecule has 0 aromatic carbocycles. The highest BCUT2D eigenvalue weighted by atomic mass is 16.6. The van der Waals surface area contributed by atoms with Crippen LogP contribution in [0.2, 0.25) is 0 Å². The Morgan fingerprint density at radius 1 is 1.19 bits per heavy atom. The number of ether oxygens (including phenoxy) is 3. The normalized spacial score (nSPS) is 19.8. The van der Waals surface area contributed by atoms with E-state index in [2.05, 4.69) is 40.1 Å². The molecule has 42 heavy (non-hydrogen) atoms. The Bertz CT molecular complexity index is 1450. The first kappa shape index (κ1) is 30.0. The predicted octanol–water partition coefficient (Wildman–Crippen LogP) is 5.66. The van der Waals surface area contributed by atoms with E-state index in [-0.39, 0.29) is 12.0 Å². The molecule has 3 aromatic heterocycles. The van der Waals surface area contributed by atoms with Crippen molar-refractivity contribution in [3.05, 3.63) is 41.9 Å². The first-order valence-electron chi connectivity index (χ1n) is 14.8. The number of nitrogens with one attached hydrogen (secondary N) is 1. The maximum Gasteiger partial charge on any atom is 0.410 e. The molecule has 2 amide bonds. The molecule has 5 rings (SSSR count). The number of carbonyl (C=O) groups excluding carboxylic acids is 2. The van der Waals surface area contributed by atoms with E-state index < -0.39 is 11.2 Å². The summed E-state index contributed by atoms with van der Waals surface area (Å²) in [5.41, 5.74) is 3.73. The van der Waals surface area contributed by atoms with E-state index in [1.165, 1.54) is 6.92 Å². The van der Waals surface area contributed by atoms with Gasteiger partial charge in [-0.15, -0.1) is 0 Å². The molecule has 10 heteroatoms. The van der Waals surface area contributed by atoms with Gasteiger partial charge in [0.2, 0.25) is 5.91 Å². The Morgan fingerprint density at radius 2 is 1.95 bits per heavy atom. The number of rotatable bonds is 7. The fraction of sp³-hybridized carbons (Fsp3) is 0.562. The van der Waals surface area contributed by atoms with Gasteiger partial charge in [0, 0.05) is 63.8 Å². The summed E-state index contributed by atoms with van der Waals surface area (Å²) in [6.07, 6.45) is 7.37. The highest BCUT2D eigenvalue weighted by Gasteiger charge is 2.39. The number of carbonyl (C=O) groups is 2. The van der Waals surface area contributed by atoms with Crippen molar-refractivity contribution in [1.82, 2.24) is 19.4 Å². The van der Waals surface area contributed by atoms with E-state index in [1.807, 2.05) is 37.9 Å².